The molecular weight excluding hydrogens is 257 g/mol. The Morgan fingerprint density at radius 1 is 1.11 bits per heavy atom. The third kappa shape index (κ3) is 3.23. The van der Waals surface area contributed by atoms with Gasteiger partial charge in [0.2, 0.25) is 5.88 Å². The molecule has 1 aromatic heterocycles. The van der Waals surface area contributed by atoms with E-state index in [1.165, 1.54) is 6.07 Å². The zero-order chi connectivity index (χ0) is 13.9. The van der Waals surface area contributed by atoms with Crippen molar-refractivity contribution in [2.24, 2.45) is 5.73 Å². The normalized spacial score (nSPS) is 11.4. The van der Waals surface area contributed by atoms with Gasteiger partial charge in [0.05, 0.1) is 5.56 Å². The first-order valence-electron chi connectivity index (χ1n) is 5.50. The molecular formula is C13H11F3N2O. The van der Waals surface area contributed by atoms with Gasteiger partial charge < -0.3 is 10.5 Å². The number of benzene rings is 1. The van der Waals surface area contributed by atoms with Crippen LogP contribution in [-0.2, 0) is 12.7 Å². The summed E-state index contributed by atoms with van der Waals surface area (Å²) in [6.07, 6.45) is -3.67. The monoisotopic (exact) mass is 268 g/mol. The Bertz CT molecular complexity index is 553. The fraction of sp³-hybridized carbons (Fsp3) is 0.154. The average molecular weight is 268 g/mol. The number of halogens is 3. The van der Waals surface area contributed by atoms with E-state index in [2.05, 4.69) is 4.98 Å². The van der Waals surface area contributed by atoms with Crippen molar-refractivity contribution in [1.29, 1.82) is 0 Å². The van der Waals surface area contributed by atoms with Crippen molar-refractivity contribution < 1.29 is 17.9 Å². The summed E-state index contributed by atoms with van der Waals surface area (Å²) in [7, 11) is 0. The Balaban J connectivity index is 2.20. The van der Waals surface area contributed by atoms with E-state index in [4.69, 9.17) is 10.5 Å². The second kappa shape index (κ2) is 5.27. The maximum Gasteiger partial charge on any atom is 0.417 e. The third-order valence-electron chi connectivity index (χ3n) is 2.47. The second-order valence-electron chi connectivity index (χ2n) is 3.80. The molecule has 1 aromatic carbocycles. The van der Waals surface area contributed by atoms with Gasteiger partial charge in [-0.3, -0.25) is 0 Å². The van der Waals surface area contributed by atoms with Gasteiger partial charge >= 0.3 is 6.18 Å². The fourth-order valence-corrected chi connectivity index (χ4v) is 1.49. The molecule has 0 saturated carbocycles. The highest BCUT2D eigenvalue weighted by atomic mass is 19.4. The highest BCUT2D eigenvalue weighted by Crippen LogP contribution is 2.30. The second-order valence-corrected chi connectivity index (χ2v) is 3.80. The van der Waals surface area contributed by atoms with Gasteiger partial charge in [-0.25, -0.2) is 4.98 Å². The fourth-order valence-electron chi connectivity index (χ4n) is 1.49. The van der Waals surface area contributed by atoms with E-state index in [9.17, 15) is 13.2 Å². The summed E-state index contributed by atoms with van der Waals surface area (Å²) < 4.78 is 42.5. The maximum absolute atomic E-state index is 12.4. The number of nitrogens with two attached hydrogens (primary N) is 1. The molecule has 0 amide bonds. The third-order valence-corrected chi connectivity index (χ3v) is 2.47. The minimum absolute atomic E-state index is 0.0916. The standard InChI is InChI=1S/C13H11F3N2O/c14-13(15,16)10-5-6-12(18-8-10)19-11-4-2-1-3-9(11)7-17/h1-6,8H,7,17H2. The van der Waals surface area contributed by atoms with Crippen LogP contribution in [0.3, 0.4) is 0 Å². The summed E-state index contributed by atoms with van der Waals surface area (Å²) in [6, 6.07) is 9.11. The molecule has 3 nitrogen and oxygen atoms in total. The molecule has 2 rings (SSSR count). The Morgan fingerprint density at radius 2 is 1.84 bits per heavy atom. The molecule has 100 valence electrons. The number of alkyl halides is 3. The predicted molar refractivity (Wildman–Crippen MR) is 63.6 cm³/mol. The Morgan fingerprint density at radius 3 is 2.42 bits per heavy atom. The van der Waals surface area contributed by atoms with E-state index in [1.807, 2.05) is 0 Å². The molecule has 2 N–H and O–H groups in total. The van der Waals surface area contributed by atoms with Crippen LogP contribution < -0.4 is 10.5 Å². The minimum atomic E-state index is -4.40. The first-order chi connectivity index (χ1) is 9.00. The summed E-state index contributed by atoms with van der Waals surface area (Å²) in [5.41, 5.74) is 5.48. The van der Waals surface area contributed by atoms with Crippen molar-refractivity contribution in [3.05, 3.63) is 53.7 Å². The Kier molecular flexibility index (Phi) is 3.71. The lowest BCUT2D eigenvalue weighted by Gasteiger charge is -2.10. The lowest BCUT2D eigenvalue weighted by atomic mass is 10.2. The highest BCUT2D eigenvalue weighted by molar-refractivity contribution is 5.36. The smallest absolute Gasteiger partial charge is 0.417 e. The van der Waals surface area contributed by atoms with E-state index in [-0.39, 0.29) is 12.4 Å². The Labute approximate surface area is 107 Å². The molecule has 0 fully saturated rings. The molecule has 0 unspecified atom stereocenters. The van der Waals surface area contributed by atoms with Crippen LogP contribution in [0.15, 0.2) is 42.6 Å². The number of ether oxygens (including phenoxy) is 1. The number of nitrogens with zero attached hydrogens (tertiary/aromatic N) is 1. The lowest BCUT2D eigenvalue weighted by molar-refractivity contribution is -0.137. The maximum atomic E-state index is 12.4. The SMILES string of the molecule is NCc1ccccc1Oc1ccc(C(F)(F)F)cn1. The van der Waals surface area contributed by atoms with E-state index in [0.29, 0.717) is 5.75 Å². The molecule has 0 aliphatic carbocycles. The van der Waals surface area contributed by atoms with Gasteiger partial charge in [-0.15, -0.1) is 0 Å². The van der Waals surface area contributed by atoms with Crippen molar-refractivity contribution in [1.82, 2.24) is 4.98 Å². The Hall–Kier alpha value is -2.08. The first-order valence-corrected chi connectivity index (χ1v) is 5.50. The van der Waals surface area contributed by atoms with E-state index >= 15 is 0 Å². The predicted octanol–water partition coefficient (Wildman–Crippen LogP) is 3.35. The van der Waals surface area contributed by atoms with Crippen molar-refractivity contribution in [3.8, 4) is 11.6 Å². The number of rotatable bonds is 3. The van der Waals surface area contributed by atoms with Crippen LogP contribution in [0.1, 0.15) is 11.1 Å². The van der Waals surface area contributed by atoms with Gasteiger partial charge in [-0.1, -0.05) is 18.2 Å². The zero-order valence-electron chi connectivity index (χ0n) is 9.82. The number of hydrogen-bond donors (Lipinski definition) is 1. The molecule has 0 aliphatic heterocycles. The van der Waals surface area contributed by atoms with Crippen LogP contribution in [0.4, 0.5) is 13.2 Å². The molecule has 0 radical (unpaired) electrons. The van der Waals surface area contributed by atoms with Crippen molar-refractivity contribution in [2.75, 3.05) is 0 Å². The summed E-state index contributed by atoms with van der Waals surface area (Å²) in [5, 5.41) is 0. The highest BCUT2D eigenvalue weighted by Gasteiger charge is 2.30. The molecule has 0 spiro atoms. The van der Waals surface area contributed by atoms with Gasteiger partial charge in [0.1, 0.15) is 5.75 Å². The lowest BCUT2D eigenvalue weighted by Crippen LogP contribution is -2.05. The van der Waals surface area contributed by atoms with Crippen LogP contribution >= 0.6 is 0 Å². The number of hydrogen-bond acceptors (Lipinski definition) is 3. The van der Waals surface area contributed by atoms with Crippen LogP contribution in [-0.4, -0.2) is 4.98 Å². The quantitative estimate of drug-likeness (QED) is 0.928. The summed E-state index contributed by atoms with van der Waals surface area (Å²) >= 11 is 0. The number of aromatic nitrogens is 1. The largest absolute Gasteiger partial charge is 0.439 e. The summed E-state index contributed by atoms with van der Waals surface area (Å²) in [5.74, 6) is 0.575. The molecule has 6 heteroatoms. The van der Waals surface area contributed by atoms with Crippen molar-refractivity contribution >= 4 is 0 Å². The molecule has 1 heterocycles. The van der Waals surface area contributed by atoms with E-state index in [1.54, 1.807) is 24.3 Å². The molecule has 19 heavy (non-hydrogen) atoms. The number of pyridine rings is 1. The minimum Gasteiger partial charge on any atom is -0.439 e. The summed E-state index contributed by atoms with van der Waals surface area (Å²) in [4.78, 5) is 3.63. The van der Waals surface area contributed by atoms with Gasteiger partial charge in [0, 0.05) is 24.4 Å². The molecule has 0 atom stereocenters. The van der Waals surface area contributed by atoms with Crippen molar-refractivity contribution in [2.45, 2.75) is 12.7 Å². The van der Waals surface area contributed by atoms with Gasteiger partial charge in [0.15, 0.2) is 0 Å². The van der Waals surface area contributed by atoms with Crippen LogP contribution in [0, 0.1) is 0 Å². The molecule has 0 saturated heterocycles. The van der Waals surface area contributed by atoms with Gasteiger partial charge in [-0.2, -0.15) is 13.2 Å². The van der Waals surface area contributed by atoms with Gasteiger partial charge in [0.25, 0.3) is 0 Å². The molecule has 2 aromatic rings. The molecule has 0 bridgehead atoms. The van der Waals surface area contributed by atoms with Crippen LogP contribution in [0.2, 0.25) is 0 Å². The number of para-hydroxylation sites is 1. The van der Waals surface area contributed by atoms with Gasteiger partial charge in [-0.05, 0) is 12.1 Å². The van der Waals surface area contributed by atoms with Crippen LogP contribution in [0.5, 0.6) is 11.6 Å². The summed E-state index contributed by atoms with van der Waals surface area (Å²) in [6.45, 7) is 0.275. The van der Waals surface area contributed by atoms with Crippen molar-refractivity contribution in [3.63, 3.8) is 0 Å². The van der Waals surface area contributed by atoms with E-state index in [0.717, 1.165) is 17.8 Å². The van der Waals surface area contributed by atoms with Crippen LogP contribution in [0.25, 0.3) is 0 Å². The zero-order valence-corrected chi connectivity index (χ0v) is 9.82. The first kappa shape index (κ1) is 13.4. The molecule has 0 aliphatic rings. The topological polar surface area (TPSA) is 48.1 Å². The average Bonchev–Trinajstić information content (AvgIpc) is 2.39. The van der Waals surface area contributed by atoms with E-state index < -0.39 is 11.7 Å².